The summed E-state index contributed by atoms with van der Waals surface area (Å²) in [7, 11) is 0. The second-order valence-corrected chi connectivity index (χ2v) is 2.91. The lowest BCUT2D eigenvalue weighted by atomic mass is 9.87. The largest absolute Gasteiger partial charge is 0.327 e. The smallest absolute Gasteiger partial charge is 0.245 e. The number of halogens is 2. The van der Waals surface area contributed by atoms with Crippen molar-refractivity contribution in [3.8, 4) is 0 Å². The van der Waals surface area contributed by atoms with Gasteiger partial charge < -0.3 is 5.73 Å². The van der Waals surface area contributed by atoms with Crippen LogP contribution in [0.4, 0.5) is 8.78 Å². The number of rotatable bonds is 2. The molecule has 1 atom stereocenters. The van der Waals surface area contributed by atoms with Crippen LogP contribution in [0.2, 0.25) is 0 Å². The fourth-order valence-electron chi connectivity index (χ4n) is 0.199. The summed E-state index contributed by atoms with van der Waals surface area (Å²) in [6.45, 7) is 4.51. The first-order chi connectivity index (χ1) is 3.89. The quantitative estimate of drug-likeness (QED) is 0.615. The Balaban J connectivity index is 4.01. The van der Waals surface area contributed by atoms with Crippen LogP contribution in [0, 0.1) is 5.41 Å². The van der Waals surface area contributed by atoms with Crippen LogP contribution in [0.5, 0.6) is 0 Å². The van der Waals surface area contributed by atoms with Crippen molar-refractivity contribution in [3.63, 3.8) is 0 Å². The van der Waals surface area contributed by atoms with Gasteiger partial charge in [-0.2, -0.15) is 0 Å². The second-order valence-electron chi connectivity index (χ2n) is 2.91. The molecular weight excluding hydrogens is 124 g/mol. The second kappa shape index (κ2) is 2.60. The zero-order chi connectivity index (χ0) is 7.65. The summed E-state index contributed by atoms with van der Waals surface area (Å²) in [5, 5.41) is 0. The molecule has 0 saturated carbocycles. The maximum Gasteiger partial charge on any atom is 0.245 e. The van der Waals surface area contributed by atoms with Gasteiger partial charge in [0.15, 0.2) is 0 Å². The molecule has 56 valence electrons. The van der Waals surface area contributed by atoms with E-state index in [1.54, 1.807) is 6.92 Å². The van der Waals surface area contributed by atoms with Crippen molar-refractivity contribution in [3.05, 3.63) is 0 Å². The molecule has 0 unspecified atom stereocenters. The summed E-state index contributed by atoms with van der Waals surface area (Å²) in [6.07, 6.45) is -2.34. The van der Waals surface area contributed by atoms with Crippen molar-refractivity contribution < 1.29 is 8.78 Å². The van der Waals surface area contributed by atoms with Gasteiger partial charge in [-0.1, -0.05) is 13.8 Å². The Kier molecular flexibility index (Phi) is 2.55. The van der Waals surface area contributed by atoms with Crippen LogP contribution in [-0.4, -0.2) is 12.5 Å². The van der Waals surface area contributed by atoms with Crippen molar-refractivity contribution in [1.29, 1.82) is 0 Å². The zero-order valence-corrected chi connectivity index (χ0v) is 5.99. The van der Waals surface area contributed by atoms with Gasteiger partial charge in [0.1, 0.15) is 0 Å². The lowest BCUT2D eigenvalue weighted by molar-refractivity contribution is 0.00632. The van der Waals surface area contributed by atoms with Crippen molar-refractivity contribution in [2.45, 2.75) is 33.2 Å². The van der Waals surface area contributed by atoms with E-state index in [0.29, 0.717) is 0 Å². The molecule has 0 rings (SSSR count). The minimum atomic E-state index is -2.34. The monoisotopic (exact) mass is 137 g/mol. The minimum absolute atomic E-state index is 0.461. The molecule has 0 aliphatic carbocycles. The first-order valence-corrected chi connectivity index (χ1v) is 2.92. The highest BCUT2D eigenvalue weighted by atomic mass is 19.3. The molecule has 0 bridgehead atoms. The SMILES string of the molecule is C[C@@H](N)C(C)(C)C(F)F. The first-order valence-electron chi connectivity index (χ1n) is 2.92. The third kappa shape index (κ3) is 1.90. The summed E-state index contributed by atoms with van der Waals surface area (Å²) in [4.78, 5) is 0. The molecule has 0 aromatic rings. The predicted molar refractivity (Wildman–Crippen MR) is 33.4 cm³/mol. The molecule has 0 aromatic heterocycles. The van der Waals surface area contributed by atoms with Crippen LogP contribution >= 0.6 is 0 Å². The number of nitrogens with two attached hydrogens (primary N) is 1. The summed E-state index contributed by atoms with van der Waals surface area (Å²) in [5.41, 5.74) is 4.24. The van der Waals surface area contributed by atoms with Crippen LogP contribution < -0.4 is 5.73 Å². The van der Waals surface area contributed by atoms with E-state index < -0.39 is 17.9 Å². The van der Waals surface area contributed by atoms with Crippen molar-refractivity contribution in [2.24, 2.45) is 11.1 Å². The highest BCUT2D eigenvalue weighted by molar-refractivity contribution is 4.79. The molecular formula is C6H13F2N. The highest BCUT2D eigenvalue weighted by Crippen LogP contribution is 2.27. The van der Waals surface area contributed by atoms with Gasteiger partial charge in [-0.05, 0) is 6.92 Å². The van der Waals surface area contributed by atoms with Gasteiger partial charge in [0, 0.05) is 11.5 Å². The normalized spacial score (nSPS) is 16.3. The van der Waals surface area contributed by atoms with Crippen LogP contribution in [0.3, 0.4) is 0 Å². The fourth-order valence-corrected chi connectivity index (χ4v) is 0.199. The minimum Gasteiger partial charge on any atom is -0.327 e. The van der Waals surface area contributed by atoms with Gasteiger partial charge in [-0.15, -0.1) is 0 Å². The Morgan fingerprint density at radius 3 is 1.67 bits per heavy atom. The standard InChI is InChI=1S/C6H13F2N/c1-4(9)6(2,3)5(7)8/h4-5H,9H2,1-3H3/t4-/m1/s1. The molecule has 9 heavy (non-hydrogen) atoms. The number of hydrogen-bond acceptors (Lipinski definition) is 1. The van der Waals surface area contributed by atoms with Gasteiger partial charge in [-0.25, -0.2) is 8.78 Å². The van der Waals surface area contributed by atoms with E-state index >= 15 is 0 Å². The molecule has 0 aliphatic rings. The average Bonchev–Trinajstić information content (AvgIpc) is 1.65. The zero-order valence-electron chi connectivity index (χ0n) is 5.99. The van der Waals surface area contributed by atoms with Gasteiger partial charge in [0.25, 0.3) is 0 Å². The molecule has 0 heterocycles. The Bertz CT molecular complexity index is 79.1. The van der Waals surface area contributed by atoms with Crippen molar-refractivity contribution >= 4 is 0 Å². The maximum atomic E-state index is 12.0. The Hall–Kier alpha value is -0.180. The Morgan fingerprint density at radius 1 is 1.33 bits per heavy atom. The third-order valence-electron chi connectivity index (χ3n) is 1.74. The lowest BCUT2D eigenvalue weighted by Crippen LogP contribution is -2.39. The molecule has 0 aliphatic heterocycles. The van der Waals surface area contributed by atoms with Gasteiger partial charge in [0.05, 0.1) is 0 Å². The summed E-state index contributed by atoms with van der Waals surface area (Å²) >= 11 is 0. The summed E-state index contributed by atoms with van der Waals surface area (Å²) < 4.78 is 24.0. The van der Waals surface area contributed by atoms with E-state index in [-0.39, 0.29) is 0 Å². The average molecular weight is 137 g/mol. The van der Waals surface area contributed by atoms with E-state index in [0.717, 1.165) is 0 Å². The van der Waals surface area contributed by atoms with E-state index in [4.69, 9.17) is 5.73 Å². The van der Waals surface area contributed by atoms with Gasteiger partial charge in [0.2, 0.25) is 6.43 Å². The molecule has 0 radical (unpaired) electrons. The van der Waals surface area contributed by atoms with E-state index in [1.165, 1.54) is 13.8 Å². The Morgan fingerprint density at radius 2 is 1.67 bits per heavy atom. The molecule has 0 saturated heterocycles. The summed E-state index contributed by atoms with van der Waals surface area (Å²) in [5.74, 6) is 0. The van der Waals surface area contributed by atoms with Crippen LogP contribution in [0.1, 0.15) is 20.8 Å². The molecule has 0 aromatic carbocycles. The van der Waals surface area contributed by atoms with E-state index in [1.807, 2.05) is 0 Å². The highest BCUT2D eigenvalue weighted by Gasteiger charge is 2.33. The van der Waals surface area contributed by atoms with Crippen LogP contribution in [0.25, 0.3) is 0 Å². The topological polar surface area (TPSA) is 26.0 Å². The van der Waals surface area contributed by atoms with E-state index in [9.17, 15) is 8.78 Å². The van der Waals surface area contributed by atoms with Crippen LogP contribution in [0.15, 0.2) is 0 Å². The molecule has 0 spiro atoms. The molecule has 0 fully saturated rings. The lowest BCUT2D eigenvalue weighted by Gasteiger charge is -2.27. The van der Waals surface area contributed by atoms with Crippen molar-refractivity contribution in [2.75, 3.05) is 0 Å². The fraction of sp³-hybridized carbons (Fsp3) is 1.00. The van der Waals surface area contributed by atoms with Gasteiger partial charge >= 0.3 is 0 Å². The molecule has 3 heteroatoms. The molecule has 2 N–H and O–H groups in total. The Labute approximate surface area is 54.2 Å². The molecule has 0 amide bonds. The maximum absolute atomic E-state index is 12.0. The number of hydrogen-bond donors (Lipinski definition) is 1. The molecule has 1 nitrogen and oxygen atoms in total. The van der Waals surface area contributed by atoms with E-state index in [2.05, 4.69) is 0 Å². The number of alkyl halides is 2. The van der Waals surface area contributed by atoms with Crippen LogP contribution in [-0.2, 0) is 0 Å². The van der Waals surface area contributed by atoms with Crippen molar-refractivity contribution in [1.82, 2.24) is 0 Å². The van der Waals surface area contributed by atoms with Gasteiger partial charge in [-0.3, -0.25) is 0 Å². The third-order valence-corrected chi connectivity index (χ3v) is 1.74. The summed E-state index contributed by atoms with van der Waals surface area (Å²) in [6, 6.07) is -0.461. The first kappa shape index (κ1) is 8.82. The predicted octanol–water partition coefficient (Wildman–Crippen LogP) is 1.62.